The predicted octanol–water partition coefficient (Wildman–Crippen LogP) is 1.68. The standard InChI is InChI=1S/C18H22N2O5S/c1-12-2-3-13(17(21)19-9-14-10-23-4-5-24-14)8-15(12)20-18(22)16-11-26-7-6-25-16/h2-3,8,11,14H,4-7,9-10H2,1H3,(H,19,21)(H,20,22)/t14-/m1/s1. The highest BCUT2D eigenvalue weighted by molar-refractivity contribution is 8.02. The fourth-order valence-electron chi connectivity index (χ4n) is 2.53. The van der Waals surface area contributed by atoms with Crippen LogP contribution in [0.5, 0.6) is 0 Å². The molecule has 0 unspecified atom stereocenters. The average Bonchev–Trinajstić information content (AvgIpc) is 2.69. The molecular weight excluding hydrogens is 356 g/mol. The van der Waals surface area contributed by atoms with Gasteiger partial charge in [0, 0.05) is 29.0 Å². The van der Waals surface area contributed by atoms with E-state index in [-0.39, 0.29) is 17.9 Å². The molecule has 1 atom stereocenters. The van der Waals surface area contributed by atoms with Gasteiger partial charge in [-0.15, -0.1) is 11.8 Å². The van der Waals surface area contributed by atoms with E-state index >= 15 is 0 Å². The van der Waals surface area contributed by atoms with E-state index in [0.717, 1.165) is 11.3 Å². The van der Waals surface area contributed by atoms with Crippen LogP contribution < -0.4 is 10.6 Å². The van der Waals surface area contributed by atoms with E-state index in [4.69, 9.17) is 14.2 Å². The number of rotatable bonds is 5. The van der Waals surface area contributed by atoms with E-state index in [1.807, 2.05) is 6.92 Å². The number of ether oxygens (including phenoxy) is 3. The monoisotopic (exact) mass is 378 g/mol. The summed E-state index contributed by atoms with van der Waals surface area (Å²) in [4.78, 5) is 24.7. The normalized spacial score (nSPS) is 19.9. The van der Waals surface area contributed by atoms with Crippen molar-refractivity contribution in [3.8, 4) is 0 Å². The zero-order valence-electron chi connectivity index (χ0n) is 14.6. The van der Waals surface area contributed by atoms with Crippen LogP contribution in [-0.2, 0) is 19.0 Å². The lowest BCUT2D eigenvalue weighted by Gasteiger charge is -2.23. The second-order valence-electron chi connectivity index (χ2n) is 5.96. The molecule has 0 aliphatic carbocycles. The molecular formula is C18H22N2O5S. The second kappa shape index (κ2) is 9.07. The summed E-state index contributed by atoms with van der Waals surface area (Å²) < 4.78 is 16.2. The van der Waals surface area contributed by atoms with Crippen LogP contribution in [0.15, 0.2) is 29.4 Å². The van der Waals surface area contributed by atoms with Crippen LogP contribution >= 0.6 is 11.8 Å². The number of thioether (sulfide) groups is 1. The molecule has 0 aromatic heterocycles. The number of hydrogen-bond acceptors (Lipinski definition) is 6. The highest BCUT2D eigenvalue weighted by Crippen LogP contribution is 2.20. The minimum absolute atomic E-state index is 0.134. The lowest BCUT2D eigenvalue weighted by Crippen LogP contribution is -2.39. The lowest BCUT2D eigenvalue weighted by molar-refractivity contribution is -0.116. The van der Waals surface area contributed by atoms with Gasteiger partial charge in [0.25, 0.3) is 11.8 Å². The van der Waals surface area contributed by atoms with Crippen molar-refractivity contribution in [3.63, 3.8) is 0 Å². The van der Waals surface area contributed by atoms with Gasteiger partial charge in [0.2, 0.25) is 0 Å². The number of aryl methyl sites for hydroxylation is 1. The molecule has 2 amide bonds. The van der Waals surface area contributed by atoms with Crippen molar-refractivity contribution in [2.75, 3.05) is 44.0 Å². The molecule has 1 fully saturated rings. The van der Waals surface area contributed by atoms with Crippen LogP contribution in [0.25, 0.3) is 0 Å². The maximum atomic E-state index is 12.4. The third-order valence-electron chi connectivity index (χ3n) is 4.00. The number of anilines is 1. The zero-order chi connectivity index (χ0) is 18.4. The van der Waals surface area contributed by atoms with Gasteiger partial charge in [0.1, 0.15) is 0 Å². The van der Waals surface area contributed by atoms with Gasteiger partial charge in [-0.05, 0) is 24.6 Å². The minimum Gasteiger partial charge on any atom is -0.487 e. The van der Waals surface area contributed by atoms with Gasteiger partial charge in [0.15, 0.2) is 5.76 Å². The highest BCUT2D eigenvalue weighted by atomic mass is 32.2. The predicted molar refractivity (Wildman–Crippen MR) is 99.2 cm³/mol. The number of amides is 2. The molecule has 2 aliphatic rings. The quantitative estimate of drug-likeness (QED) is 0.811. The van der Waals surface area contributed by atoms with Crippen LogP contribution in [0, 0.1) is 6.92 Å². The Labute approximate surface area is 156 Å². The largest absolute Gasteiger partial charge is 0.487 e. The van der Waals surface area contributed by atoms with Gasteiger partial charge >= 0.3 is 0 Å². The van der Waals surface area contributed by atoms with Crippen LogP contribution in [-0.4, -0.2) is 56.6 Å². The molecule has 1 aromatic rings. The third-order valence-corrected chi connectivity index (χ3v) is 4.78. The van der Waals surface area contributed by atoms with Crippen molar-refractivity contribution >= 4 is 29.3 Å². The molecule has 0 saturated carbocycles. The van der Waals surface area contributed by atoms with Gasteiger partial charge < -0.3 is 24.8 Å². The summed E-state index contributed by atoms with van der Waals surface area (Å²) >= 11 is 1.54. The van der Waals surface area contributed by atoms with Crippen molar-refractivity contribution in [1.82, 2.24) is 5.32 Å². The minimum atomic E-state index is -0.314. The smallest absolute Gasteiger partial charge is 0.291 e. The Morgan fingerprint density at radius 2 is 2.12 bits per heavy atom. The molecule has 2 heterocycles. The number of nitrogens with one attached hydrogen (secondary N) is 2. The van der Waals surface area contributed by atoms with E-state index in [1.54, 1.807) is 35.4 Å². The summed E-state index contributed by atoms with van der Waals surface area (Å²) in [5, 5.41) is 7.35. The molecule has 0 spiro atoms. The molecule has 0 radical (unpaired) electrons. The summed E-state index contributed by atoms with van der Waals surface area (Å²) in [5.74, 6) is 0.593. The van der Waals surface area contributed by atoms with Gasteiger partial charge in [0.05, 0.1) is 32.5 Å². The van der Waals surface area contributed by atoms with E-state index in [2.05, 4.69) is 10.6 Å². The highest BCUT2D eigenvalue weighted by Gasteiger charge is 2.18. The van der Waals surface area contributed by atoms with Gasteiger partial charge in [-0.25, -0.2) is 0 Å². The first-order valence-electron chi connectivity index (χ1n) is 8.47. The van der Waals surface area contributed by atoms with Crippen LogP contribution in [0.4, 0.5) is 5.69 Å². The number of carbonyl (C=O) groups is 2. The topological polar surface area (TPSA) is 85.9 Å². The van der Waals surface area contributed by atoms with E-state index < -0.39 is 0 Å². The maximum Gasteiger partial charge on any atom is 0.291 e. The van der Waals surface area contributed by atoms with Crippen molar-refractivity contribution in [2.24, 2.45) is 0 Å². The average molecular weight is 378 g/mol. The summed E-state index contributed by atoms with van der Waals surface area (Å²) in [6.45, 7) is 4.37. The van der Waals surface area contributed by atoms with E-state index in [0.29, 0.717) is 50.0 Å². The first kappa shape index (κ1) is 18.8. The van der Waals surface area contributed by atoms with Crippen molar-refractivity contribution < 1.29 is 23.8 Å². The van der Waals surface area contributed by atoms with E-state index in [1.165, 1.54) is 0 Å². The summed E-state index contributed by atoms with van der Waals surface area (Å²) in [5.41, 5.74) is 1.92. The van der Waals surface area contributed by atoms with E-state index in [9.17, 15) is 9.59 Å². The fourth-order valence-corrected chi connectivity index (χ4v) is 3.16. The molecule has 8 heteroatoms. The molecule has 140 valence electrons. The first-order valence-corrected chi connectivity index (χ1v) is 9.52. The van der Waals surface area contributed by atoms with Gasteiger partial charge in [-0.2, -0.15) is 0 Å². The number of carbonyl (C=O) groups excluding carboxylic acids is 2. The molecule has 2 N–H and O–H groups in total. The summed E-state index contributed by atoms with van der Waals surface area (Å²) in [7, 11) is 0. The molecule has 2 aliphatic heterocycles. The fraction of sp³-hybridized carbons (Fsp3) is 0.444. The number of hydrogen-bond donors (Lipinski definition) is 2. The lowest BCUT2D eigenvalue weighted by atomic mass is 10.1. The molecule has 3 rings (SSSR count). The maximum absolute atomic E-state index is 12.4. The molecule has 1 saturated heterocycles. The Kier molecular flexibility index (Phi) is 6.54. The van der Waals surface area contributed by atoms with Crippen LogP contribution in [0.1, 0.15) is 15.9 Å². The second-order valence-corrected chi connectivity index (χ2v) is 6.94. The zero-order valence-corrected chi connectivity index (χ0v) is 15.4. The summed E-state index contributed by atoms with van der Waals surface area (Å²) in [6, 6.07) is 5.19. The Hall–Kier alpha value is -2.03. The van der Waals surface area contributed by atoms with Crippen LogP contribution in [0.2, 0.25) is 0 Å². The van der Waals surface area contributed by atoms with Crippen molar-refractivity contribution in [1.29, 1.82) is 0 Å². The van der Waals surface area contributed by atoms with Gasteiger partial charge in [-0.1, -0.05) is 6.07 Å². The number of benzene rings is 1. The molecule has 0 bridgehead atoms. The molecule has 1 aromatic carbocycles. The Balaban J connectivity index is 1.61. The molecule has 7 nitrogen and oxygen atoms in total. The molecule has 26 heavy (non-hydrogen) atoms. The van der Waals surface area contributed by atoms with Gasteiger partial charge in [-0.3, -0.25) is 9.59 Å². The SMILES string of the molecule is Cc1ccc(C(=O)NC[C@@H]2COCCO2)cc1NC(=O)C1=CSCCO1. The first-order chi connectivity index (χ1) is 12.6. The Bertz CT molecular complexity index is 701. The van der Waals surface area contributed by atoms with Crippen molar-refractivity contribution in [3.05, 3.63) is 40.5 Å². The Morgan fingerprint density at radius 3 is 2.85 bits per heavy atom. The third kappa shape index (κ3) is 5.00. The summed E-state index contributed by atoms with van der Waals surface area (Å²) in [6.07, 6.45) is -0.134. The Morgan fingerprint density at radius 1 is 1.23 bits per heavy atom. The van der Waals surface area contributed by atoms with Crippen LogP contribution in [0.3, 0.4) is 0 Å². The van der Waals surface area contributed by atoms with Crippen molar-refractivity contribution in [2.45, 2.75) is 13.0 Å².